The van der Waals surface area contributed by atoms with Crippen molar-refractivity contribution in [3.8, 4) is 39.4 Å². The standard InChI is InChI=1S/C37H21NOS/c38-22-33-30(23-9-2-1-3-10-23)20-25(26-13-8-14-29-28-12-5-7-16-36(28)40-37(26)29)21-31(33)24-17-18-35-32(19-24)27-11-4-6-15-34(27)39-35/h1-21H. The molecule has 2 aromatic heterocycles. The van der Waals surface area contributed by atoms with E-state index in [0.29, 0.717) is 5.56 Å². The van der Waals surface area contributed by atoms with Crippen molar-refractivity contribution >= 4 is 53.4 Å². The van der Waals surface area contributed by atoms with Crippen LogP contribution < -0.4 is 0 Å². The van der Waals surface area contributed by atoms with Crippen molar-refractivity contribution in [1.82, 2.24) is 0 Å². The van der Waals surface area contributed by atoms with Gasteiger partial charge in [-0.15, -0.1) is 11.3 Å². The van der Waals surface area contributed by atoms with Crippen LogP contribution in [0.1, 0.15) is 5.56 Å². The summed E-state index contributed by atoms with van der Waals surface area (Å²) in [4.78, 5) is 0. The Hall–Kier alpha value is -5.17. The first kappa shape index (κ1) is 22.8. The van der Waals surface area contributed by atoms with Crippen LogP contribution >= 0.6 is 11.3 Å². The highest BCUT2D eigenvalue weighted by molar-refractivity contribution is 7.26. The molecule has 0 bridgehead atoms. The molecule has 2 nitrogen and oxygen atoms in total. The summed E-state index contributed by atoms with van der Waals surface area (Å²) in [7, 11) is 0. The van der Waals surface area contributed by atoms with Gasteiger partial charge in [0.2, 0.25) is 0 Å². The lowest BCUT2D eigenvalue weighted by Gasteiger charge is -2.15. The van der Waals surface area contributed by atoms with Crippen LogP contribution in [-0.2, 0) is 0 Å². The second-order valence-corrected chi connectivity index (χ2v) is 11.1. The van der Waals surface area contributed by atoms with E-state index in [9.17, 15) is 5.26 Å². The summed E-state index contributed by atoms with van der Waals surface area (Å²) in [5, 5.41) is 15.2. The maximum Gasteiger partial charge on any atom is 0.135 e. The Morgan fingerprint density at radius 3 is 2.05 bits per heavy atom. The van der Waals surface area contributed by atoms with Crippen molar-refractivity contribution in [3.63, 3.8) is 0 Å². The van der Waals surface area contributed by atoms with Crippen molar-refractivity contribution in [2.75, 3.05) is 0 Å². The summed E-state index contributed by atoms with van der Waals surface area (Å²) in [6.45, 7) is 0. The Morgan fingerprint density at radius 2 is 1.20 bits per heavy atom. The van der Waals surface area contributed by atoms with Crippen molar-refractivity contribution in [2.24, 2.45) is 0 Å². The smallest absolute Gasteiger partial charge is 0.135 e. The molecule has 0 saturated carbocycles. The third-order valence-electron chi connectivity index (χ3n) is 7.74. The number of hydrogen-bond donors (Lipinski definition) is 0. The lowest BCUT2D eigenvalue weighted by atomic mass is 9.88. The van der Waals surface area contributed by atoms with Crippen LogP contribution in [0, 0.1) is 11.3 Å². The highest BCUT2D eigenvalue weighted by Crippen LogP contribution is 2.44. The molecule has 40 heavy (non-hydrogen) atoms. The lowest BCUT2D eigenvalue weighted by Crippen LogP contribution is -1.93. The molecule has 0 radical (unpaired) electrons. The topological polar surface area (TPSA) is 36.9 Å². The van der Waals surface area contributed by atoms with Gasteiger partial charge in [-0.2, -0.15) is 5.26 Å². The molecule has 0 aliphatic heterocycles. The van der Waals surface area contributed by atoms with E-state index < -0.39 is 0 Å². The quantitative estimate of drug-likeness (QED) is 0.229. The largest absolute Gasteiger partial charge is 0.456 e. The maximum atomic E-state index is 10.5. The number of hydrogen-bond acceptors (Lipinski definition) is 3. The number of rotatable bonds is 3. The van der Waals surface area contributed by atoms with Crippen LogP contribution in [0.5, 0.6) is 0 Å². The monoisotopic (exact) mass is 527 g/mol. The molecule has 8 rings (SSSR count). The molecule has 8 aromatic rings. The van der Waals surface area contributed by atoms with E-state index in [2.05, 4.69) is 91.0 Å². The summed E-state index contributed by atoms with van der Waals surface area (Å²) < 4.78 is 8.64. The van der Waals surface area contributed by atoms with Gasteiger partial charge in [-0.3, -0.25) is 0 Å². The fraction of sp³-hybridized carbons (Fsp3) is 0. The Balaban J connectivity index is 1.44. The van der Waals surface area contributed by atoms with Gasteiger partial charge in [0.05, 0.1) is 5.56 Å². The summed E-state index contributed by atoms with van der Waals surface area (Å²) >= 11 is 1.82. The van der Waals surface area contributed by atoms with Crippen LogP contribution in [-0.4, -0.2) is 0 Å². The molecular weight excluding hydrogens is 506 g/mol. The molecule has 0 saturated heterocycles. The zero-order valence-corrected chi connectivity index (χ0v) is 22.2. The van der Waals surface area contributed by atoms with Crippen molar-refractivity contribution in [2.45, 2.75) is 0 Å². The third-order valence-corrected chi connectivity index (χ3v) is 8.96. The minimum atomic E-state index is 0.672. The van der Waals surface area contributed by atoms with E-state index in [1.165, 1.54) is 25.7 Å². The summed E-state index contributed by atoms with van der Waals surface area (Å²) in [6.07, 6.45) is 0. The van der Waals surface area contributed by atoms with Gasteiger partial charge in [-0.25, -0.2) is 0 Å². The molecule has 0 fully saturated rings. The highest BCUT2D eigenvalue weighted by atomic mass is 32.1. The van der Waals surface area contributed by atoms with Gasteiger partial charge in [0.25, 0.3) is 0 Å². The van der Waals surface area contributed by atoms with E-state index in [1.54, 1.807) is 0 Å². The number of furan rings is 1. The van der Waals surface area contributed by atoms with Crippen LogP contribution in [0.2, 0.25) is 0 Å². The predicted octanol–water partition coefficient (Wildman–Crippen LogP) is 10.8. The van der Waals surface area contributed by atoms with Crippen LogP contribution in [0.25, 0.3) is 75.5 Å². The normalized spacial score (nSPS) is 11.5. The molecule has 0 aliphatic rings. The molecule has 0 N–H and O–H groups in total. The number of nitrogens with zero attached hydrogens (tertiary/aromatic N) is 1. The lowest BCUT2D eigenvalue weighted by molar-refractivity contribution is 0.669. The van der Waals surface area contributed by atoms with Crippen molar-refractivity contribution < 1.29 is 4.42 Å². The van der Waals surface area contributed by atoms with E-state index in [1.807, 2.05) is 53.8 Å². The molecule has 0 aliphatic carbocycles. The number of para-hydroxylation sites is 1. The first-order valence-corrected chi connectivity index (χ1v) is 14.1. The average Bonchev–Trinajstić information content (AvgIpc) is 3.59. The van der Waals surface area contributed by atoms with Gasteiger partial charge in [0.1, 0.15) is 17.2 Å². The number of benzene rings is 6. The summed E-state index contributed by atoms with van der Waals surface area (Å²) in [5.74, 6) is 0. The van der Waals surface area contributed by atoms with Gasteiger partial charge >= 0.3 is 0 Å². The molecule has 0 spiro atoms. The van der Waals surface area contributed by atoms with Gasteiger partial charge in [0, 0.05) is 42.1 Å². The molecular formula is C37H21NOS. The minimum absolute atomic E-state index is 0.672. The summed E-state index contributed by atoms with van der Waals surface area (Å²) in [5.41, 5.74) is 8.54. The van der Waals surface area contributed by atoms with E-state index >= 15 is 0 Å². The fourth-order valence-electron chi connectivity index (χ4n) is 5.86. The van der Waals surface area contributed by atoms with E-state index in [4.69, 9.17) is 4.42 Å². The maximum absolute atomic E-state index is 10.5. The van der Waals surface area contributed by atoms with Gasteiger partial charge in [-0.05, 0) is 58.7 Å². The summed E-state index contributed by atoms with van der Waals surface area (Å²) in [6, 6.07) is 46.6. The Labute approximate surface area is 235 Å². The SMILES string of the molecule is N#Cc1c(-c2ccccc2)cc(-c2cccc3c2sc2ccccc23)cc1-c1ccc2oc3ccccc3c2c1. The first-order valence-electron chi connectivity index (χ1n) is 13.2. The third kappa shape index (κ3) is 3.48. The molecule has 0 unspecified atom stereocenters. The second kappa shape index (κ2) is 8.95. The zero-order valence-electron chi connectivity index (χ0n) is 21.4. The number of nitriles is 1. The first-order chi connectivity index (χ1) is 19.8. The Kier molecular flexibility index (Phi) is 5.10. The number of fused-ring (bicyclic) bond motifs is 6. The Bertz CT molecular complexity index is 2280. The van der Waals surface area contributed by atoms with Crippen LogP contribution in [0.15, 0.2) is 132 Å². The zero-order chi connectivity index (χ0) is 26.6. The van der Waals surface area contributed by atoms with E-state index in [0.717, 1.165) is 49.8 Å². The van der Waals surface area contributed by atoms with Crippen molar-refractivity contribution in [3.05, 3.63) is 133 Å². The second-order valence-electron chi connectivity index (χ2n) is 10.0. The van der Waals surface area contributed by atoms with Gasteiger partial charge in [0.15, 0.2) is 0 Å². The predicted molar refractivity (Wildman–Crippen MR) is 168 cm³/mol. The Morgan fingerprint density at radius 1 is 0.500 bits per heavy atom. The molecule has 6 aromatic carbocycles. The van der Waals surface area contributed by atoms with Crippen molar-refractivity contribution in [1.29, 1.82) is 5.26 Å². The average molecular weight is 528 g/mol. The molecule has 186 valence electrons. The number of thiophene rings is 1. The van der Waals surface area contributed by atoms with Gasteiger partial charge < -0.3 is 4.42 Å². The van der Waals surface area contributed by atoms with E-state index in [-0.39, 0.29) is 0 Å². The molecule has 0 atom stereocenters. The molecule has 0 amide bonds. The fourth-order valence-corrected chi connectivity index (χ4v) is 7.10. The molecule has 3 heteroatoms. The minimum Gasteiger partial charge on any atom is -0.456 e. The van der Waals surface area contributed by atoms with Gasteiger partial charge in [-0.1, -0.05) is 91.0 Å². The highest BCUT2D eigenvalue weighted by Gasteiger charge is 2.18. The van der Waals surface area contributed by atoms with Crippen LogP contribution in [0.3, 0.4) is 0 Å². The molecule has 2 heterocycles. The van der Waals surface area contributed by atoms with Crippen LogP contribution in [0.4, 0.5) is 0 Å².